The van der Waals surface area contributed by atoms with Crippen LogP contribution < -0.4 is 10.2 Å². The monoisotopic (exact) mass is 425 g/mol. The first-order valence-corrected chi connectivity index (χ1v) is 12.1. The number of sulfonamides is 1. The molecule has 3 rings (SSSR count). The van der Waals surface area contributed by atoms with Crippen LogP contribution in [-0.4, -0.2) is 55.3 Å². The highest BCUT2D eigenvalue weighted by Gasteiger charge is 2.40. The van der Waals surface area contributed by atoms with Crippen LogP contribution in [0.5, 0.6) is 0 Å². The first-order chi connectivity index (χ1) is 13.2. The molecule has 154 valence electrons. The Balaban J connectivity index is 1.86. The molecular weight excluding hydrogens is 398 g/mol. The Morgan fingerprint density at radius 3 is 2.75 bits per heavy atom. The summed E-state index contributed by atoms with van der Waals surface area (Å²) in [6, 6.07) is 4.21. The molecule has 1 aromatic carbocycles. The Kier molecular flexibility index (Phi) is 6.36. The lowest BCUT2D eigenvalue weighted by atomic mass is 10.0. The van der Waals surface area contributed by atoms with Gasteiger partial charge >= 0.3 is 0 Å². The highest BCUT2D eigenvalue weighted by molar-refractivity contribution is 8.00. The van der Waals surface area contributed by atoms with Gasteiger partial charge in [0.05, 0.1) is 10.8 Å². The second kappa shape index (κ2) is 8.42. The van der Waals surface area contributed by atoms with Crippen molar-refractivity contribution in [1.82, 2.24) is 9.62 Å². The Morgan fingerprint density at radius 2 is 2.07 bits per heavy atom. The molecule has 1 fully saturated rings. The summed E-state index contributed by atoms with van der Waals surface area (Å²) in [5.74, 6) is 0.718. The largest absolute Gasteiger partial charge is 0.354 e. The van der Waals surface area contributed by atoms with Crippen LogP contribution in [0.2, 0.25) is 0 Å². The summed E-state index contributed by atoms with van der Waals surface area (Å²) in [7, 11) is -3.79. The van der Waals surface area contributed by atoms with E-state index in [2.05, 4.69) is 5.32 Å². The number of hydrogen-bond donors (Lipinski definition) is 1. The molecule has 1 unspecified atom stereocenters. The summed E-state index contributed by atoms with van der Waals surface area (Å²) in [4.78, 5) is 26.2. The normalized spacial score (nSPS) is 20.3. The third-order valence-corrected chi connectivity index (χ3v) is 8.01. The van der Waals surface area contributed by atoms with Gasteiger partial charge in [-0.1, -0.05) is 13.8 Å². The van der Waals surface area contributed by atoms with Crippen molar-refractivity contribution in [3.05, 3.63) is 23.8 Å². The van der Waals surface area contributed by atoms with Gasteiger partial charge in [-0.05, 0) is 42.5 Å². The van der Waals surface area contributed by atoms with E-state index in [-0.39, 0.29) is 22.6 Å². The molecule has 2 aliphatic rings. The molecule has 0 bridgehead atoms. The number of fused-ring (bicyclic) bond motifs is 1. The van der Waals surface area contributed by atoms with Crippen LogP contribution in [0, 0.1) is 5.92 Å². The fourth-order valence-electron chi connectivity index (χ4n) is 3.49. The van der Waals surface area contributed by atoms with Gasteiger partial charge < -0.3 is 10.2 Å². The first-order valence-electron chi connectivity index (χ1n) is 9.50. The van der Waals surface area contributed by atoms with Crippen LogP contribution >= 0.6 is 11.8 Å². The van der Waals surface area contributed by atoms with Crippen LogP contribution in [0.15, 0.2) is 23.1 Å². The molecule has 0 saturated carbocycles. The van der Waals surface area contributed by atoms with Crippen LogP contribution in [0.25, 0.3) is 0 Å². The van der Waals surface area contributed by atoms with Crippen LogP contribution in [0.4, 0.5) is 5.69 Å². The minimum Gasteiger partial charge on any atom is -0.354 e. The van der Waals surface area contributed by atoms with E-state index in [9.17, 15) is 18.0 Å². The van der Waals surface area contributed by atoms with Gasteiger partial charge in [-0.25, -0.2) is 8.42 Å². The van der Waals surface area contributed by atoms with Crippen molar-refractivity contribution < 1.29 is 18.0 Å². The van der Waals surface area contributed by atoms with Gasteiger partial charge in [0.25, 0.3) is 0 Å². The van der Waals surface area contributed by atoms with Gasteiger partial charge in [-0.3, -0.25) is 9.59 Å². The molecule has 28 heavy (non-hydrogen) atoms. The summed E-state index contributed by atoms with van der Waals surface area (Å²) >= 11 is 1.44. The molecule has 1 atom stereocenters. The maximum atomic E-state index is 13.2. The Hall–Kier alpha value is -1.58. The third-order valence-electron chi connectivity index (χ3n) is 4.99. The minimum absolute atomic E-state index is 0.0469. The summed E-state index contributed by atoms with van der Waals surface area (Å²) in [6.45, 7) is 6.68. The number of aryl methyl sites for hydroxylation is 1. The number of nitrogens with one attached hydrogen (secondary N) is 1. The molecule has 2 heterocycles. The lowest BCUT2D eigenvalue weighted by Gasteiger charge is -2.29. The average Bonchev–Trinajstić information content (AvgIpc) is 3.15. The summed E-state index contributed by atoms with van der Waals surface area (Å²) in [5.41, 5.74) is 1.63. The van der Waals surface area contributed by atoms with E-state index in [1.165, 1.54) is 23.0 Å². The minimum atomic E-state index is -3.79. The Morgan fingerprint density at radius 1 is 1.32 bits per heavy atom. The molecule has 0 aliphatic carbocycles. The lowest BCUT2D eigenvalue weighted by Crippen LogP contribution is -2.47. The molecule has 1 saturated heterocycles. The van der Waals surface area contributed by atoms with E-state index < -0.39 is 16.1 Å². The first kappa shape index (κ1) is 21.1. The molecule has 1 N–H and O–H groups in total. The molecule has 1 aromatic rings. The Bertz CT molecular complexity index is 870. The fraction of sp³-hybridized carbons (Fsp3) is 0.579. The maximum Gasteiger partial charge on any atom is 0.244 e. The highest BCUT2D eigenvalue weighted by atomic mass is 32.2. The SMILES string of the molecule is CC(=O)N1CCCc2cc(S(=O)(=O)N3CSCC3C(=O)NCC(C)C)ccc21. The second-order valence-electron chi connectivity index (χ2n) is 7.61. The maximum absolute atomic E-state index is 13.2. The number of carbonyl (C=O) groups is 2. The average molecular weight is 426 g/mol. The van der Waals surface area contributed by atoms with E-state index in [1.807, 2.05) is 13.8 Å². The fourth-order valence-corrected chi connectivity index (χ4v) is 6.69. The van der Waals surface area contributed by atoms with Crippen molar-refractivity contribution in [2.45, 2.75) is 44.6 Å². The van der Waals surface area contributed by atoms with Crippen molar-refractivity contribution in [3.8, 4) is 0 Å². The van der Waals surface area contributed by atoms with Gasteiger partial charge in [-0.2, -0.15) is 4.31 Å². The van der Waals surface area contributed by atoms with E-state index >= 15 is 0 Å². The predicted molar refractivity (Wildman–Crippen MR) is 111 cm³/mol. The van der Waals surface area contributed by atoms with Crippen molar-refractivity contribution in [3.63, 3.8) is 0 Å². The van der Waals surface area contributed by atoms with Crippen molar-refractivity contribution >= 4 is 39.3 Å². The number of amides is 2. The Labute approximate surface area is 170 Å². The van der Waals surface area contributed by atoms with E-state index in [1.54, 1.807) is 23.1 Å². The number of anilines is 1. The topological polar surface area (TPSA) is 86.8 Å². The van der Waals surface area contributed by atoms with E-state index in [0.29, 0.717) is 24.8 Å². The second-order valence-corrected chi connectivity index (χ2v) is 10.5. The van der Waals surface area contributed by atoms with Crippen LogP contribution in [0.3, 0.4) is 0 Å². The predicted octanol–water partition coefficient (Wildman–Crippen LogP) is 1.82. The summed E-state index contributed by atoms with van der Waals surface area (Å²) < 4.78 is 27.8. The molecule has 9 heteroatoms. The highest BCUT2D eigenvalue weighted by Crippen LogP contribution is 2.33. The van der Waals surface area contributed by atoms with E-state index in [0.717, 1.165) is 24.1 Å². The molecule has 0 radical (unpaired) electrons. The van der Waals surface area contributed by atoms with Gasteiger partial charge in [-0.15, -0.1) is 11.8 Å². The standard InChI is InChI=1S/C19H27N3O4S2/c1-13(2)10-20-19(24)18-11-27-12-22(18)28(25,26)16-6-7-17-15(9-16)5-4-8-21(17)14(3)23/h6-7,9,13,18H,4-5,8,10-12H2,1-3H3,(H,20,24). The zero-order valence-electron chi connectivity index (χ0n) is 16.5. The zero-order valence-corrected chi connectivity index (χ0v) is 18.1. The van der Waals surface area contributed by atoms with Crippen LogP contribution in [0.1, 0.15) is 32.8 Å². The molecule has 2 amide bonds. The number of thioether (sulfide) groups is 1. The molecule has 0 spiro atoms. The third kappa shape index (κ3) is 4.21. The summed E-state index contributed by atoms with van der Waals surface area (Å²) in [6.07, 6.45) is 1.53. The summed E-state index contributed by atoms with van der Waals surface area (Å²) in [5, 5.41) is 2.84. The van der Waals surface area contributed by atoms with E-state index in [4.69, 9.17) is 0 Å². The number of hydrogen-bond acceptors (Lipinski definition) is 5. The number of carbonyl (C=O) groups excluding carboxylic acids is 2. The number of rotatable bonds is 5. The van der Waals surface area contributed by atoms with Crippen LogP contribution in [-0.2, 0) is 26.0 Å². The van der Waals surface area contributed by atoms with Gasteiger partial charge in [0.1, 0.15) is 6.04 Å². The lowest BCUT2D eigenvalue weighted by molar-refractivity contribution is -0.124. The molecule has 2 aliphatic heterocycles. The quantitative estimate of drug-likeness (QED) is 0.778. The van der Waals surface area contributed by atoms with Crippen molar-refractivity contribution in [2.24, 2.45) is 5.92 Å². The van der Waals surface area contributed by atoms with Gasteiger partial charge in [0.2, 0.25) is 21.8 Å². The molecular formula is C19H27N3O4S2. The zero-order chi connectivity index (χ0) is 20.5. The van der Waals surface area contributed by atoms with Gasteiger partial charge in [0.15, 0.2) is 0 Å². The van der Waals surface area contributed by atoms with Crippen molar-refractivity contribution in [2.75, 3.05) is 29.6 Å². The smallest absolute Gasteiger partial charge is 0.244 e. The molecule has 0 aromatic heterocycles. The number of nitrogens with zero attached hydrogens (tertiary/aromatic N) is 2. The number of benzene rings is 1. The molecule has 7 nitrogen and oxygen atoms in total. The van der Waals surface area contributed by atoms with Crippen molar-refractivity contribution in [1.29, 1.82) is 0 Å². The van der Waals surface area contributed by atoms with Gasteiger partial charge in [0, 0.05) is 31.5 Å².